The van der Waals surface area contributed by atoms with Crippen molar-refractivity contribution in [1.82, 2.24) is 0 Å². The van der Waals surface area contributed by atoms with Crippen molar-refractivity contribution in [3.8, 4) is 0 Å². The van der Waals surface area contributed by atoms with Crippen molar-refractivity contribution in [2.24, 2.45) is 5.92 Å². The zero-order valence-electron chi connectivity index (χ0n) is 9.62. The van der Waals surface area contributed by atoms with Crippen LogP contribution in [0.25, 0.3) is 0 Å². The predicted molar refractivity (Wildman–Crippen MR) is 62.1 cm³/mol. The Morgan fingerprint density at radius 3 is 2.75 bits per heavy atom. The lowest BCUT2D eigenvalue weighted by molar-refractivity contribution is -0.120. The molecule has 0 fully saturated rings. The van der Waals surface area contributed by atoms with E-state index in [1.807, 2.05) is 13.8 Å². The maximum Gasteiger partial charge on any atom is 0.249 e. The smallest absolute Gasteiger partial charge is 0.249 e. The Hall–Kier alpha value is -1.58. The Bertz CT molecular complexity index is 431. The van der Waals surface area contributed by atoms with Gasteiger partial charge in [-0.3, -0.25) is 4.79 Å². The molecule has 1 amide bonds. The Morgan fingerprint density at radius 2 is 2.12 bits per heavy atom. The molecule has 0 aromatic heterocycles. The minimum atomic E-state index is -0.330. The maximum absolute atomic E-state index is 13.1. The lowest BCUT2D eigenvalue weighted by Crippen LogP contribution is -2.47. The zero-order valence-corrected chi connectivity index (χ0v) is 9.62. The molecule has 1 N–H and O–H groups in total. The summed E-state index contributed by atoms with van der Waals surface area (Å²) >= 11 is 0. The van der Waals surface area contributed by atoms with Crippen LogP contribution in [0, 0.1) is 11.7 Å². The van der Waals surface area contributed by atoms with Crippen LogP contribution in [0.2, 0.25) is 0 Å². The number of carbonyl (C=O) groups excluding carboxylic acids is 1. The van der Waals surface area contributed by atoms with Crippen molar-refractivity contribution in [2.45, 2.75) is 19.9 Å². The number of amides is 1. The second-order valence-corrected chi connectivity index (χ2v) is 4.42. The molecule has 1 unspecified atom stereocenters. The van der Waals surface area contributed by atoms with Crippen molar-refractivity contribution >= 4 is 17.3 Å². The molecule has 1 aliphatic heterocycles. The average Bonchev–Trinajstić information content (AvgIpc) is 2.23. The largest absolute Gasteiger partial charge is 0.372 e. The highest BCUT2D eigenvalue weighted by Crippen LogP contribution is 2.32. The topological polar surface area (TPSA) is 32.3 Å². The molecule has 0 bridgehead atoms. The first-order chi connectivity index (χ1) is 7.50. The second-order valence-electron chi connectivity index (χ2n) is 4.42. The van der Waals surface area contributed by atoms with Gasteiger partial charge in [-0.2, -0.15) is 0 Å². The van der Waals surface area contributed by atoms with E-state index >= 15 is 0 Å². The molecule has 86 valence electrons. The Kier molecular flexibility index (Phi) is 2.58. The number of hydrogen-bond acceptors (Lipinski definition) is 2. The fourth-order valence-electron chi connectivity index (χ4n) is 1.91. The van der Waals surface area contributed by atoms with Crippen LogP contribution in [-0.2, 0) is 4.79 Å². The number of likely N-dealkylation sites (N-methyl/N-ethyl adjacent to an activating group) is 1. The van der Waals surface area contributed by atoms with Gasteiger partial charge in [0.1, 0.15) is 11.9 Å². The highest BCUT2D eigenvalue weighted by molar-refractivity contribution is 6.04. The van der Waals surface area contributed by atoms with Crippen molar-refractivity contribution < 1.29 is 9.18 Å². The number of rotatable bonds is 1. The SMILES string of the molecule is CC(C)C1Nc2ccc(F)cc2N(C)C1=O. The summed E-state index contributed by atoms with van der Waals surface area (Å²) in [5, 5.41) is 3.15. The first kappa shape index (κ1) is 10.9. The van der Waals surface area contributed by atoms with E-state index in [0.717, 1.165) is 5.69 Å². The van der Waals surface area contributed by atoms with E-state index in [1.54, 1.807) is 13.1 Å². The van der Waals surface area contributed by atoms with Crippen LogP contribution in [0.4, 0.5) is 15.8 Å². The Balaban J connectivity index is 2.44. The average molecular weight is 222 g/mol. The standard InChI is InChI=1S/C12H15FN2O/c1-7(2)11-12(16)15(3)10-6-8(13)4-5-9(10)14-11/h4-7,11,14H,1-3H3. The van der Waals surface area contributed by atoms with Crippen LogP contribution in [0.5, 0.6) is 0 Å². The third-order valence-electron chi connectivity index (χ3n) is 2.90. The van der Waals surface area contributed by atoms with Crippen LogP contribution < -0.4 is 10.2 Å². The van der Waals surface area contributed by atoms with Crippen LogP contribution in [-0.4, -0.2) is 19.0 Å². The van der Waals surface area contributed by atoms with Crippen LogP contribution >= 0.6 is 0 Å². The third kappa shape index (κ3) is 1.64. The van der Waals surface area contributed by atoms with E-state index < -0.39 is 0 Å². The molecular formula is C12H15FN2O. The van der Waals surface area contributed by atoms with Gasteiger partial charge in [0.15, 0.2) is 0 Å². The van der Waals surface area contributed by atoms with Gasteiger partial charge < -0.3 is 10.2 Å². The number of fused-ring (bicyclic) bond motifs is 1. The van der Waals surface area contributed by atoms with E-state index in [-0.39, 0.29) is 23.7 Å². The highest BCUT2D eigenvalue weighted by atomic mass is 19.1. The number of benzene rings is 1. The molecule has 1 aliphatic rings. The fraction of sp³-hybridized carbons (Fsp3) is 0.417. The summed E-state index contributed by atoms with van der Waals surface area (Å²) in [6.07, 6.45) is 0. The fourth-order valence-corrected chi connectivity index (χ4v) is 1.91. The monoisotopic (exact) mass is 222 g/mol. The first-order valence-corrected chi connectivity index (χ1v) is 5.34. The lowest BCUT2D eigenvalue weighted by Gasteiger charge is -2.34. The molecule has 1 aromatic carbocycles. The summed E-state index contributed by atoms with van der Waals surface area (Å²) in [5.74, 6) is -0.149. The highest BCUT2D eigenvalue weighted by Gasteiger charge is 2.32. The van der Waals surface area contributed by atoms with Crippen LogP contribution in [0.15, 0.2) is 18.2 Å². The normalized spacial score (nSPS) is 19.7. The van der Waals surface area contributed by atoms with E-state index in [9.17, 15) is 9.18 Å². The third-order valence-corrected chi connectivity index (χ3v) is 2.90. The summed E-state index contributed by atoms with van der Waals surface area (Å²) in [6.45, 7) is 3.97. The Labute approximate surface area is 94.3 Å². The first-order valence-electron chi connectivity index (χ1n) is 5.34. The van der Waals surface area contributed by atoms with Gasteiger partial charge in [0.2, 0.25) is 5.91 Å². The summed E-state index contributed by atoms with van der Waals surface area (Å²) in [5.41, 5.74) is 1.41. The van der Waals surface area contributed by atoms with Gasteiger partial charge in [0.05, 0.1) is 11.4 Å². The van der Waals surface area contributed by atoms with E-state index in [0.29, 0.717) is 5.69 Å². The number of carbonyl (C=O) groups is 1. The molecular weight excluding hydrogens is 207 g/mol. The van der Waals surface area contributed by atoms with Gasteiger partial charge in [-0.05, 0) is 24.1 Å². The molecule has 16 heavy (non-hydrogen) atoms. The number of nitrogens with zero attached hydrogens (tertiary/aromatic N) is 1. The molecule has 4 heteroatoms. The predicted octanol–water partition coefficient (Wildman–Crippen LogP) is 2.24. The van der Waals surface area contributed by atoms with Crippen molar-refractivity contribution in [2.75, 3.05) is 17.3 Å². The lowest BCUT2D eigenvalue weighted by atomic mass is 9.99. The quantitative estimate of drug-likeness (QED) is 0.790. The molecule has 0 saturated heterocycles. The summed E-state index contributed by atoms with van der Waals surface area (Å²) in [7, 11) is 1.68. The maximum atomic E-state index is 13.1. The minimum Gasteiger partial charge on any atom is -0.372 e. The summed E-state index contributed by atoms with van der Waals surface area (Å²) in [4.78, 5) is 13.5. The molecule has 3 nitrogen and oxygen atoms in total. The molecule has 1 heterocycles. The molecule has 2 rings (SSSR count). The number of halogens is 1. The van der Waals surface area contributed by atoms with Crippen LogP contribution in [0.3, 0.4) is 0 Å². The van der Waals surface area contributed by atoms with Crippen molar-refractivity contribution in [1.29, 1.82) is 0 Å². The van der Waals surface area contributed by atoms with Gasteiger partial charge in [-0.1, -0.05) is 13.8 Å². The van der Waals surface area contributed by atoms with E-state index in [2.05, 4.69) is 5.32 Å². The van der Waals surface area contributed by atoms with Gasteiger partial charge in [-0.15, -0.1) is 0 Å². The molecule has 0 saturated carbocycles. The molecule has 1 aromatic rings. The molecule has 0 aliphatic carbocycles. The minimum absolute atomic E-state index is 0.0203. The summed E-state index contributed by atoms with van der Waals surface area (Å²) in [6, 6.07) is 4.20. The Morgan fingerprint density at radius 1 is 1.44 bits per heavy atom. The number of nitrogens with one attached hydrogen (secondary N) is 1. The summed E-state index contributed by atoms with van der Waals surface area (Å²) < 4.78 is 13.1. The molecule has 1 atom stereocenters. The van der Waals surface area contributed by atoms with Gasteiger partial charge in [-0.25, -0.2) is 4.39 Å². The van der Waals surface area contributed by atoms with Gasteiger partial charge in [0.25, 0.3) is 0 Å². The van der Waals surface area contributed by atoms with E-state index in [1.165, 1.54) is 17.0 Å². The van der Waals surface area contributed by atoms with Crippen molar-refractivity contribution in [3.05, 3.63) is 24.0 Å². The molecule has 0 spiro atoms. The second kappa shape index (κ2) is 3.77. The van der Waals surface area contributed by atoms with E-state index in [4.69, 9.17) is 0 Å². The van der Waals surface area contributed by atoms with Crippen LogP contribution in [0.1, 0.15) is 13.8 Å². The number of hydrogen-bond donors (Lipinski definition) is 1. The number of anilines is 2. The molecule has 0 radical (unpaired) electrons. The van der Waals surface area contributed by atoms with Gasteiger partial charge in [0, 0.05) is 7.05 Å². The zero-order chi connectivity index (χ0) is 11.9. The van der Waals surface area contributed by atoms with Crippen molar-refractivity contribution in [3.63, 3.8) is 0 Å². The van der Waals surface area contributed by atoms with Gasteiger partial charge >= 0.3 is 0 Å².